The lowest BCUT2D eigenvalue weighted by Gasteiger charge is -2.09. The Balaban J connectivity index is 2.50. The van der Waals surface area contributed by atoms with Gasteiger partial charge < -0.3 is 19.0 Å². The second kappa shape index (κ2) is 5.07. The Morgan fingerprint density at radius 2 is 1.86 bits per heavy atom. The molecule has 22 heavy (non-hydrogen) atoms. The summed E-state index contributed by atoms with van der Waals surface area (Å²) in [5.74, 6) is -0.321. The number of benzene rings is 2. The minimum Gasteiger partial charge on any atom is -0.508 e. The number of ether oxygens (including phenoxy) is 2. The summed E-state index contributed by atoms with van der Waals surface area (Å²) >= 11 is 0. The van der Waals surface area contributed by atoms with Gasteiger partial charge in [-0.1, -0.05) is 0 Å². The number of carbonyl (C=O) groups is 1. The number of rotatable bonds is 2. The molecule has 0 saturated heterocycles. The van der Waals surface area contributed by atoms with Gasteiger partial charge in [-0.2, -0.15) is 0 Å². The number of phenols is 1. The van der Waals surface area contributed by atoms with Gasteiger partial charge in [-0.15, -0.1) is 0 Å². The fraction of sp³-hybridized carbons (Fsp3) is 0.125. The summed E-state index contributed by atoms with van der Waals surface area (Å²) < 4.78 is 15.2. The van der Waals surface area contributed by atoms with Crippen molar-refractivity contribution in [3.8, 4) is 11.5 Å². The number of fused-ring (bicyclic) bond motifs is 3. The van der Waals surface area contributed by atoms with E-state index in [0.717, 1.165) is 0 Å². The Morgan fingerprint density at radius 3 is 2.55 bits per heavy atom. The first kappa shape index (κ1) is 13.9. The van der Waals surface area contributed by atoms with Crippen molar-refractivity contribution in [2.45, 2.75) is 0 Å². The molecule has 0 unspecified atom stereocenters. The van der Waals surface area contributed by atoms with Crippen LogP contribution in [0.5, 0.6) is 11.5 Å². The normalized spacial score (nSPS) is 10.8. The number of esters is 1. The molecule has 0 aliphatic heterocycles. The van der Waals surface area contributed by atoms with Crippen LogP contribution in [0.3, 0.4) is 0 Å². The summed E-state index contributed by atoms with van der Waals surface area (Å²) in [6.07, 6.45) is 0. The van der Waals surface area contributed by atoms with Gasteiger partial charge in [0, 0.05) is 10.8 Å². The van der Waals surface area contributed by atoms with Crippen LogP contribution in [0, 0.1) is 0 Å². The lowest BCUT2D eigenvalue weighted by Crippen LogP contribution is -2.04. The number of methoxy groups -OCH3 is 2. The molecule has 1 N–H and O–H groups in total. The number of carbonyl (C=O) groups excluding carboxylic acids is 1. The van der Waals surface area contributed by atoms with E-state index in [4.69, 9.17) is 13.9 Å². The largest absolute Gasteiger partial charge is 0.508 e. The molecule has 3 aromatic rings. The highest BCUT2D eigenvalue weighted by Crippen LogP contribution is 2.32. The van der Waals surface area contributed by atoms with Gasteiger partial charge in [0.2, 0.25) is 0 Å². The van der Waals surface area contributed by atoms with Crippen LogP contribution in [0.25, 0.3) is 21.7 Å². The molecule has 0 fully saturated rings. The molecule has 112 valence electrons. The van der Waals surface area contributed by atoms with Crippen LogP contribution in [0.15, 0.2) is 39.5 Å². The molecule has 0 amide bonds. The molecule has 0 saturated carbocycles. The number of phenolic OH excluding ortho intramolecular Hbond substituents is 1. The van der Waals surface area contributed by atoms with Gasteiger partial charge in [-0.05, 0) is 30.3 Å². The summed E-state index contributed by atoms with van der Waals surface area (Å²) in [6.45, 7) is 0. The molecular weight excluding hydrogens is 288 g/mol. The topological polar surface area (TPSA) is 86.0 Å². The summed E-state index contributed by atoms with van der Waals surface area (Å²) in [7, 11) is 2.69. The third kappa shape index (κ3) is 2.05. The number of aromatic hydroxyl groups is 1. The van der Waals surface area contributed by atoms with E-state index >= 15 is 0 Å². The van der Waals surface area contributed by atoms with Crippen molar-refractivity contribution in [2.24, 2.45) is 0 Å². The minimum atomic E-state index is -0.595. The van der Waals surface area contributed by atoms with Crippen LogP contribution >= 0.6 is 0 Å². The zero-order valence-corrected chi connectivity index (χ0v) is 11.9. The highest BCUT2D eigenvalue weighted by atomic mass is 16.5. The van der Waals surface area contributed by atoms with Crippen molar-refractivity contribution in [3.05, 3.63) is 46.3 Å². The van der Waals surface area contributed by atoms with E-state index in [1.165, 1.54) is 32.4 Å². The maximum atomic E-state index is 12.1. The third-order valence-corrected chi connectivity index (χ3v) is 3.40. The average Bonchev–Trinajstić information content (AvgIpc) is 2.53. The first-order chi connectivity index (χ1) is 10.5. The quantitative estimate of drug-likeness (QED) is 0.444. The Hall–Kier alpha value is -3.02. The van der Waals surface area contributed by atoms with E-state index in [9.17, 15) is 14.7 Å². The SMILES string of the molecule is COC(=O)c1cc(OC)c2oc(=O)c3cc(O)ccc3c2c1. The summed E-state index contributed by atoms with van der Waals surface area (Å²) in [4.78, 5) is 23.8. The first-order valence-corrected chi connectivity index (χ1v) is 6.41. The highest BCUT2D eigenvalue weighted by Gasteiger charge is 2.16. The molecule has 0 atom stereocenters. The molecule has 2 aromatic carbocycles. The fourth-order valence-corrected chi connectivity index (χ4v) is 2.38. The zero-order valence-electron chi connectivity index (χ0n) is 11.9. The van der Waals surface area contributed by atoms with E-state index < -0.39 is 11.6 Å². The Kier molecular flexibility index (Phi) is 3.21. The lowest BCUT2D eigenvalue weighted by molar-refractivity contribution is 0.0600. The molecule has 0 aliphatic carbocycles. The standard InChI is InChI=1S/C16H12O6/c1-20-13-6-8(15(18)21-2)5-11-10-4-3-9(17)7-12(10)16(19)22-14(11)13/h3-7,17H,1-2H3. The maximum absolute atomic E-state index is 12.1. The van der Waals surface area contributed by atoms with Gasteiger partial charge in [0.25, 0.3) is 0 Å². The van der Waals surface area contributed by atoms with Crippen molar-refractivity contribution >= 4 is 27.7 Å². The minimum absolute atomic E-state index is 0.0461. The van der Waals surface area contributed by atoms with E-state index in [1.54, 1.807) is 12.1 Å². The summed E-state index contributed by atoms with van der Waals surface area (Å²) in [5.41, 5.74) is -0.0871. The summed E-state index contributed by atoms with van der Waals surface area (Å²) in [5, 5.41) is 10.8. The van der Waals surface area contributed by atoms with Crippen molar-refractivity contribution in [2.75, 3.05) is 14.2 Å². The predicted molar refractivity (Wildman–Crippen MR) is 79.5 cm³/mol. The van der Waals surface area contributed by atoms with E-state index in [0.29, 0.717) is 10.8 Å². The van der Waals surface area contributed by atoms with Crippen molar-refractivity contribution in [3.63, 3.8) is 0 Å². The Morgan fingerprint density at radius 1 is 1.09 bits per heavy atom. The molecule has 0 aliphatic rings. The Labute approximate surface area is 124 Å². The highest BCUT2D eigenvalue weighted by molar-refractivity contribution is 6.09. The fourth-order valence-electron chi connectivity index (χ4n) is 2.38. The molecule has 0 spiro atoms. The molecule has 1 heterocycles. The monoisotopic (exact) mass is 300 g/mol. The van der Waals surface area contributed by atoms with Crippen LogP contribution < -0.4 is 10.4 Å². The van der Waals surface area contributed by atoms with Gasteiger partial charge in [-0.3, -0.25) is 0 Å². The zero-order chi connectivity index (χ0) is 15.9. The van der Waals surface area contributed by atoms with Gasteiger partial charge in [0.15, 0.2) is 11.3 Å². The van der Waals surface area contributed by atoms with Crippen LogP contribution in [0.2, 0.25) is 0 Å². The molecular formula is C16H12O6. The molecule has 1 aromatic heterocycles. The van der Waals surface area contributed by atoms with Crippen LogP contribution in [-0.2, 0) is 4.74 Å². The molecule has 6 nitrogen and oxygen atoms in total. The van der Waals surface area contributed by atoms with Gasteiger partial charge in [0.05, 0.1) is 25.2 Å². The van der Waals surface area contributed by atoms with Crippen molar-refractivity contribution in [1.82, 2.24) is 0 Å². The van der Waals surface area contributed by atoms with E-state index in [-0.39, 0.29) is 28.0 Å². The second-order valence-corrected chi connectivity index (χ2v) is 4.67. The maximum Gasteiger partial charge on any atom is 0.344 e. The van der Waals surface area contributed by atoms with Crippen molar-refractivity contribution < 1.29 is 23.8 Å². The average molecular weight is 300 g/mol. The third-order valence-electron chi connectivity index (χ3n) is 3.40. The van der Waals surface area contributed by atoms with Crippen LogP contribution in [-0.4, -0.2) is 25.3 Å². The Bertz CT molecular complexity index is 954. The number of hydrogen-bond acceptors (Lipinski definition) is 6. The summed E-state index contributed by atoms with van der Waals surface area (Å²) in [6, 6.07) is 7.37. The van der Waals surface area contributed by atoms with E-state index in [2.05, 4.69) is 0 Å². The molecule has 0 bridgehead atoms. The van der Waals surface area contributed by atoms with Crippen molar-refractivity contribution in [1.29, 1.82) is 0 Å². The predicted octanol–water partition coefficient (Wildman–Crippen LogP) is 2.45. The van der Waals surface area contributed by atoms with Gasteiger partial charge in [0.1, 0.15) is 5.75 Å². The van der Waals surface area contributed by atoms with Gasteiger partial charge in [-0.25, -0.2) is 9.59 Å². The second-order valence-electron chi connectivity index (χ2n) is 4.67. The van der Waals surface area contributed by atoms with E-state index in [1.807, 2.05) is 0 Å². The van der Waals surface area contributed by atoms with Crippen LogP contribution in [0.4, 0.5) is 0 Å². The molecule has 3 rings (SSSR count). The molecule has 0 radical (unpaired) electrons. The molecule has 6 heteroatoms. The first-order valence-electron chi connectivity index (χ1n) is 6.41. The number of hydrogen-bond donors (Lipinski definition) is 1. The lowest BCUT2D eigenvalue weighted by atomic mass is 10.0. The van der Waals surface area contributed by atoms with Gasteiger partial charge >= 0.3 is 11.6 Å². The van der Waals surface area contributed by atoms with Crippen LogP contribution in [0.1, 0.15) is 10.4 Å². The smallest absolute Gasteiger partial charge is 0.344 e.